The van der Waals surface area contributed by atoms with Crippen LogP contribution in [0.15, 0.2) is 16.5 Å². The first kappa shape index (κ1) is 15.9. The minimum Gasteiger partial charge on any atom is -0.381 e. The first-order valence-electron chi connectivity index (χ1n) is 6.66. The highest BCUT2D eigenvalue weighted by Crippen LogP contribution is 2.16. The first-order valence-corrected chi connectivity index (χ1v) is 9.02. The Hall–Kier alpha value is -1.45. The molecule has 116 valence electrons. The van der Waals surface area contributed by atoms with Gasteiger partial charge in [0, 0.05) is 36.8 Å². The fraction of sp³-hybridized carbons (Fsp3) is 0.500. The largest absolute Gasteiger partial charge is 0.381 e. The van der Waals surface area contributed by atoms with E-state index < -0.39 is 10.0 Å². The van der Waals surface area contributed by atoms with Crippen LogP contribution in [0.1, 0.15) is 24.0 Å². The predicted octanol–water partition coefficient (Wildman–Crippen LogP) is 1.16. The molecular formula is C12H19N5O2S2. The average Bonchev–Trinajstić information content (AvgIpc) is 2.96. The Bertz CT molecular complexity index is 705. The second-order valence-corrected chi connectivity index (χ2v) is 7.35. The molecule has 0 spiro atoms. The standard InChI is InChI=1S/C12H19N5O2S2/c1-3-6-17-7-10(12(13)16-17)21(18,19)14-5-4-11-15-9(2)8-20-11/h7-8,14H,3-6H2,1-2H3,(H2,13,16). The number of rotatable bonds is 7. The number of nitrogens with two attached hydrogens (primary N) is 1. The molecule has 0 aromatic carbocycles. The monoisotopic (exact) mass is 329 g/mol. The van der Waals surface area contributed by atoms with Gasteiger partial charge in [0.2, 0.25) is 10.0 Å². The van der Waals surface area contributed by atoms with Gasteiger partial charge in [0.25, 0.3) is 0 Å². The zero-order valence-corrected chi connectivity index (χ0v) is 13.7. The molecule has 0 aliphatic heterocycles. The molecule has 0 amide bonds. The van der Waals surface area contributed by atoms with Crippen LogP contribution >= 0.6 is 11.3 Å². The highest BCUT2D eigenvalue weighted by molar-refractivity contribution is 7.89. The normalized spacial score (nSPS) is 11.9. The van der Waals surface area contributed by atoms with Gasteiger partial charge in [-0.1, -0.05) is 6.92 Å². The van der Waals surface area contributed by atoms with E-state index in [1.165, 1.54) is 17.5 Å². The van der Waals surface area contributed by atoms with Crippen molar-refractivity contribution in [2.75, 3.05) is 12.3 Å². The summed E-state index contributed by atoms with van der Waals surface area (Å²) in [6, 6.07) is 0. The third kappa shape index (κ3) is 4.02. The maximum Gasteiger partial charge on any atom is 0.245 e. The van der Waals surface area contributed by atoms with Crippen LogP contribution < -0.4 is 10.5 Å². The summed E-state index contributed by atoms with van der Waals surface area (Å²) in [6.07, 6.45) is 2.88. The molecular weight excluding hydrogens is 310 g/mol. The molecule has 2 aromatic heterocycles. The van der Waals surface area contributed by atoms with E-state index in [2.05, 4.69) is 14.8 Å². The van der Waals surface area contributed by atoms with Gasteiger partial charge in [-0.2, -0.15) is 5.10 Å². The van der Waals surface area contributed by atoms with Gasteiger partial charge < -0.3 is 5.73 Å². The summed E-state index contributed by atoms with van der Waals surface area (Å²) in [5.74, 6) is 0.0287. The molecule has 0 atom stereocenters. The number of nitrogens with zero attached hydrogens (tertiary/aromatic N) is 3. The summed E-state index contributed by atoms with van der Waals surface area (Å²) in [5.41, 5.74) is 6.63. The quantitative estimate of drug-likeness (QED) is 0.793. The van der Waals surface area contributed by atoms with Crippen molar-refractivity contribution in [3.8, 4) is 0 Å². The van der Waals surface area contributed by atoms with Crippen LogP contribution in [-0.2, 0) is 23.0 Å². The van der Waals surface area contributed by atoms with Crippen LogP contribution in [0.3, 0.4) is 0 Å². The summed E-state index contributed by atoms with van der Waals surface area (Å²) in [4.78, 5) is 4.33. The Balaban J connectivity index is 2.01. The van der Waals surface area contributed by atoms with E-state index in [0.29, 0.717) is 13.0 Å². The van der Waals surface area contributed by atoms with Crippen molar-refractivity contribution in [3.63, 3.8) is 0 Å². The molecule has 2 heterocycles. The molecule has 9 heteroatoms. The third-order valence-corrected chi connectivity index (χ3v) is 5.30. The second-order valence-electron chi connectivity index (χ2n) is 4.67. The van der Waals surface area contributed by atoms with Gasteiger partial charge in [0.15, 0.2) is 5.82 Å². The molecule has 3 N–H and O–H groups in total. The van der Waals surface area contributed by atoms with Gasteiger partial charge in [-0.3, -0.25) is 4.68 Å². The molecule has 7 nitrogen and oxygen atoms in total. The molecule has 2 aromatic rings. The lowest BCUT2D eigenvalue weighted by Crippen LogP contribution is -2.26. The molecule has 0 saturated heterocycles. The zero-order valence-electron chi connectivity index (χ0n) is 12.0. The van der Waals surface area contributed by atoms with Crippen molar-refractivity contribution < 1.29 is 8.42 Å². The average molecular weight is 329 g/mol. The van der Waals surface area contributed by atoms with Crippen LogP contribution in [0, 0.1) is 6.92 Å². The predicted molar refractivity (Wildman–Crippen MR) is 82.7 cm³/mol. The lowest BCUT2D eigenvalue weighted by Gasteiger charge is -2.04. The van der Waals surface area contributed by atoms with Gasteiger partial charge in [-0.15, -0.1) is 11.3 Å². The molecule has 0 saturated carbocycles. The maximum atomic E-state index is 12.2. The summed E-state index contributed by atoms with van der Waals surface area (Å²) < 4.78 is 28.5. The second kappa shape index (κ2) is 6.54. The fourth-order valence-electron chi connectivity index (χ4n) is 1.86. The lowest BCUT2D eigenvalue weighted by molar-refractivity contribution is 0.579. The highest BCUT2D eigenvalue weighted by atomic mass is 32.2. The van der Waals surface area contributed by atoms with E-state index >= 15 is 0 Å². The lowest BCUT2D eigenvalue weighted by atomic mass is 10.4. The Morgan fingerprint density at radius 1 is 1.48 bits per heavy atom. The number of nitrogen functional groups attached to an aromatic ring is 1. The van der Waals surface area contributed by atoms with E-state index in [1.807, 2.05) is 19.2 Å². The van der Waals surface area contributed by atoms with Gasteiger partial charge in [-0.05, 0) is 13.3 Å². The van der Waals surface area contributed by atoms with Crippen molar-refractivity contribution in [3.05, 3.63) is 22.3 Å². The Kier molecular flexibility index (Phi) is 4.96. The molecule has 0 fully saturated rings. The number of anilines is 1. The maximum absolute atomic E-state index is 12.2. The minimum atomic E-state index is -3.63. The molecule has 2 rings (SSSR count). The van der Waals surface area contributed by atoms with Crippen molar-refractivity contribution in [1.82, 2.24) is 19.5 Å². The van der Waals surface area contributed by atoms with E-state index in [9.17, 15) is 8.42 Å². The van der Waals surface area contributed by atoms with Crippen molar-refractivity contribution in [2.45, 2.75) is 38.1 Å². The molecule has 0 unspecified atom stereocenters. The van der Waals surface area contributed by atoms with E-state index in [0.717, 1.165) is 17.1 Å². The number of thiazole rings is 1. The molecule has 0 aliphatic rings. The van der Waals surface area contributed by atoms with Crippen LogP contribution in [0.25, 0.3) is 0 Å². The van der Waals surface area contributed by atoms with Crippen LogP contribution in [-0.4, -0.2) is 29.7 Å². The zero-order chi connectivity index (χ0) is 15.5. The van der Waals surface area contributed by atoms with E-state index in [4.69, 9.17) is 5.73 Å². The number of aryl methyl sites for hydroxylation is 2. The van der Waals surface area contributed by atoms with Crippen molar-refractivity contribution in [1.29, 1.82) is 0 Å². The molecule has 21 heavy (non-hydrogen) atoms. The topological polar surface area (TPSA) is 103 Å². The third-order valence-electron chi connectivity index (χ3n) is 2.79. The summed E-state index contributed by atoms with van der Waals surface area (Å²) in [5, 5.41) is 6.85. The first-order chi connectivity index (χ1) is 9.92. The fourth-order valence-corrected chi connectivity index (χ4v) is 3.74. The number of nitrogens with one attached hydrogen (secondary N) is 1. The molecule has 0 bridgehead atoms. The summed E-state index contributed by atoms with van der Waals surface area (Å²) in [6.45, 7) is 4.82. The Labute approximate surface area is 128 Å². The van der Waals surface area contributed by atoms with Gasteiger partial charge in [0.1, 0.15) is 4.90 Å². The van der Waals surface area contributed by atoms with Crippen molar-refractivity contribution >= 4 is 27.2 Å². The van der Waals surface area contributed by atoms with E-state index in [-0.39, 0.29) is 17.3 Å². The van der Waals surface area contributed by atoms with E-state index in [1.54, 1.807) is 4.68 Å². The molecule has 0 aliphatic carbocycles. The number of sulfonamides is 1. The smallest absolute Gasteiger partial charge is 0.245 e. The number of hydrogen-bond acceptors (Lipinski definition) is 6. The van der Waals surface area contributed by atoms with Gasteiger partial charge in [0.05, 0.1) is 5.01 Å². The SMILES string of the molecule is CCCn1cc(S(=O)(=O)NCCc2nc(C)cs2)c(N)n1. The minimum absolute atomic E-state index is 0.0287. The van der Waals surface area contributed by atoms with Crippen LogP contribution in [0.4, 0.5) is 5.82 Å². The number of aromatic nitrogens is 3. The summed E-state index contributed by atoms with van der Waals surface area (Å²) >= 11 is 1.52. The van der Waals surface area contributed by atoms with Gasteiger partial charge >= 0.3 is 0 Å². The van der Waals surface area contributed by atoms with Gasteiger partial charge in [-0.25, -0.2) is 18.1 Å². The van der Waals surface area contributed by atoms with Crippen molar-refractivity contribution in [2.24, 2.45) is 0 Å². The summed E-state index contributed by atoms with van der Waals surface area (Å²) in [7, 11) is -3.63. The van der Waals surface area contributed by atoms with Crippen LogP contribution in [0.5, 0.6) is 0 Å². The molecule has 0 radical (unpaired) electrons. The Morgan fingerprint density at radius 2 is 2.24 bits per heavy atom. The number of hydrogen-bond donors (Lipinski definition) is 2. The van der Waals surface area contributed by atoms with Crippen LogP contribution in [0.2, 0.25) is 0 Å². The Morgan fingerprint density at radius 3 is 2.86 bits per heavy atom. The highest BCUT2D eigenvalue weighted by Gasteiger charge is 2.20.